The molecule has 56 valence electrons. The molecule has 0 amide bonds. The summed E-state index contributed by atoms with van der Waals surface area (Å²) in [4.78, 5) is 0. The van der Waals surface area contributed by atoms with Crippen LogP contribution in [0.5, 0.6) is 0 Å². The average molecular weight is 137 g/mol. The number of likely N-dealkylation sites (N-methyl/N-ethyl adjacent to an activating group) is 1. The van der Waals surface area contributed by atoms with Crippen molar-refractivity contribution in [3.8, 4) is 0 Å². The number of hydrogen-bond donors (Lipinski definition) is 1. The molecule has 1 nitrogen and oxygen atoms in total. The standard InChI is InChI=1S/C9H15N/c1-5-8(6-2)9(7-3)10-4/h5-7,10H,1H2,2-4H3/b8-6-,9-7+. The number of rotatable bonds is 3. The van der Waals surface area contributed by atoms with Crippen molar-refractivity contribution in [2.24, 2.45) is 0 Å². The van der Waals surface area contributed by atoms with E-state index in [1.165, 1.54) is 0 Å². The van der Waals surface area contributed by atoms with E-state index < -0.39 is 0 Å². The molecular weight excluding hydrogens is 122 g/mol. The summed E-state index contributed by atoms with van der Waals surface area (Å²) in [5.41, 5.74) is 2.27. The predicted octanol–water partition coefficient (Wildman–Crippen LogP) is 2.24. The summed E-state index contributed by atoms with van der Waals surface area (Å²) in [7, 11) is 1.91. The summed E-state index contributed by atoms with van der Waals surface area (Å²) in [5, 5.41) is 3.08. The topological polar surface area (TPSA) is 12.0 Å². The quantitative estimate of drug-likeness (QED) is 0.588. The van der Waals surface area contributed by atoms with Gasteiger partial charge in [-0.2, -0.15) is 0 Å². The Bertz CT molecular complexity index is 164. The Kier molecular flexibility index (Phi) is 4.38. The van der Waals surface area contributed by atoms with E-state index in [-0.39, 0.29) is 0 Å². The van der Waals surface area contributed by atoms with Crippen LogP contribution in [0.4, 0.5) is 0 Å². The van der Waals surface area contributed by atoms with Crippen LogP contribution in [-0.2, 0) is 0 Å². The molecule has 0 saturated carbocycles. The maximum Gasteiger partial charge on any atom is 0.0364 e. The van der Waals surface area contributed by atoms with Gasteiger partial charge in [-0.3, -0.25) is 0 Å². The Morgan fingerprint density at radius 1 is 1.30 bits per heavy atom. The first-order valence-corrected chi connectivity index (χ1v) is 3.43. The Morgan fingerprint density at radius 3 is 2.00 bits per heavy atom. The van der Waals surface area contributed by atoms with Gasteiger partial charge in [0.2, 0.25) is 0 Å². The minimum Gasteiger partial charge on any atom is -0.388 e. The number of allylic oxidation sites excluding steroid dienone is 3. The Balaban J connectivity index is 4.42. The first kappa shape index (κ1) is 9.02. The maximum absolute atomic E-state index is 3.70. The number of nitrogens with one attached hydrogen (secondary N) is 1. The van der Waals surface area contributed by atoms with E-state index in [1.807, 2.05) is 39.1 Å². The molecule has 0 saturated heterocycles. The van der Waals surface area contributed by atoms with Crippen molar-refractivity contribution in [2.75, 3.05) is 7.05 Å². The van der Waals surface area contributed by atoms with Gasteiger partial charge >= 0.3 is 0 Å². The fourth-order valence-corrected chi connectivity index (χ4v) is 0.839. The molecule has 0 radical (unpaired) electrons. The van der Waals surface area contributed by atoms with Gasteiger partial charge in [0.15, 0.2) is 0 Å². The normalized spacial score (nSPS) is 13.1. The molecule has 1 N–H and O–H groups in total. The van der Waals surface area contributed by atoms with E-state index in [2.05, 4.69) is 11.9 Å². The maximum atomic E-state index is 3.70. The molecule has 0 rings (SSSR count). The fourth-order valence-electron chi connectivity index (χ4n) is 0.839. The van der Waals surface area contributed by atoms with Gasteiger partial charge in [-0.1, -0.05) is 24.8 Å². The third-order valence-electron chi connectivity index (χ3n) is 1.40. The summed E-state index contributed by atoms with van der Waals surface area (Å²) in [5.74, 6) is 0. The van der Waals surface area contributed by atoms with Gasteiger partial charge in [0.25, 0.3) is 0 Å². The molecule has 0 aromatic heterocycles. The SMILES string of the molecule is C=CC(=C/C)/C(=C\C)NC. The van der Waals surface area contributed by atoms with Gasteiger partial charge in [-0.25, -0.2) is 0 Å². The highest BCUT2D eigenvalue weighted by Gasteiger charge is 1.92. The van der Waals surface area contributed by atoms with Crippen molar-refractivity contribution < 1.29 is 0 Å². The second-order valence-corrected chi connectivity index (χ2v) is 1.90. The lowest BCUT2D eigenvalue weighted by atomic mass is 10.2. The first-order valence-electron chi connectivity index (χ1n) is 3.43. The molecule has 0 heterocycles. The summed E-state index contributed by atoms with van der Waals surface area (Å²) in [6.07, 6.45) is 5.89. The van der Waals surface area contributed by atoms with Gasteiger partial charge < -0.3 is 5.32 Å². The first-order chi connectivity index (χ1) is 4.79. The van der Waals surface area contributed by atoms with E-state index >= 15 is 0 Å². The molecule has 0 spiro atoms. The zero-order valence-corrected chi connectivity index (χ0v) is 6.94. The largest absolute Gasteiger partial charge is 0.388 e. The molecule has 0 aliphatic heterocycles. The Hall–Kier alpha value is -0.980. The molecule has 0 aliphatic rings. The van der Waals surface area contributed by atoms with Crippen molar-refractivity contribution in [3.63, 3.8) is 0 Å². The van der Waals surface area contributed by atoms with Crippen LogP contribution in [0.3, 0.4) is 0 Å². The van der Waals surface area contributed by atoms with Crippen LogP contribution in [0, 0.1) is 0 Å². The highest BCUT2D eigenvalue weighted by Crippen LogP contribution is 2.05. The molecule has 0 aromatic rings. The van der Waals surface area contributed by atoms with Crippen LogP contribution < -0.4 is 5.32 Å². The minimum atomic E-state index is 1.12. The lowest BCUT2D eigenvalue weighted by molar-refractivity contribution is 1.01. The Morgan fingerprint density at radius 2 is 1.90 bits per heavy atom. The summed E-state index contributed by atoms with van der Waals surface area (Å²) >= 11 is 0. The van der Waals surface area contributed by atoms with Crippen LogP contribution >= 0.6 is 0 Å². The van der Waals surface area contributed by atoms with Gasteiger partial charge in [0, 0.05) is 12.7 Å². The third kappa shape index (κ3) is 2.09. The molecule has 0 aliphatic carbocycles. The zero-order chi connectivity index (χ0) is 7.98. The summed E-state index contributed by atoms with van der Waals surface area (Å²) in [6.45, 7) is 7.70. The number of hydrogen-bond acceptors (Lipinski definition) is 1. The van der Waals surface area contributed by atoms with Gasteiger partial charge in [0.1, 0.15) is 0 Å². The van der Waals surface area contributed by atoms with E-state index in [0.29, 0.717) is 0 Å². The molecule has 1 heteroatoms. The van der Waals surface area contributed by atoms with Gasteiger partial charge in [-0.05, 0) is 19.4 Å². The van der Waals surface area contributed by atoms with Gasteiger partial charge in [-0.15, -0.1) is 0 Å². The molecule has 0 fully saturated rings. The summed E-state index contributed by atoms with van der Waals surface area (Å²) < 4.78 is 0. The summed E-state index contributed by atoms with van der Waals surface area (Å²) in [6, 6.07) is 0. The predicted molar refractivity (Wildman–Crippen MR) is 46.8 cm³/mol. The van der Waals surface area contributed by atoms with Crippen molar-refractivity contribution in [1.29, 1.82) is 0 Å². The lowest BCUT2D eigenvalue weighted by Gasteiger charge is -2.05. The van der Waals surface area contributed by atoms with Gasteiger partial charge in [0.05, 0.1) is 0 Å². The second-order valence-electron chi connectivity index (χ2n) is 1.90. The average Bonchev–Trinajstić information content (AvgIpc) is 2.00. The molecular formula is C9H15N. The molecule has 0 aromatic carbocycles. The molecule has 0 unspecified atom stereocenters. The van der Waals surface area contributed by atoms with Crippen LogP contribution in [0.2, 0.25) is 0 Å². The van der Waals surface area contributed by atoms with E-state index in [4.69, 9.17) is 0 Å². The van der Waals surface area contributed by atoms with Crippen LogP contribution in [0.1, 0.15) is 13.8 Å². The second kappa shape index (κ2) is 4.86. The van der Waals surface area contributed by atoms with Crippen LogP contribution in [0.15, 0.2) is 36.1 Å². The van der Waals surface area contributed by atoms with Crippen molar-refractivity contribution >= 4 is 0 Å². The van der Waals surface area contributed by atoms with Crippen molar-refractivity contribution in [1.82, 2.24) is 5.32 Å². The smallest absolute Gasteiger partial charge is 0.0364 e. The Labute approximate surface area is 63.1 Å². The fraction of sp³-hybridized carbons (Fsp3) is 0.333. The minimum absolute atomic E-state index is 1.12. The molecule has 10 heavy (non-hydrogen) atoms. The van der Waals surface area contributed by atoms with E-state index in [1.54, 1.807) is 0 Å². The molecule has 0 atom stereocenters. The molecule has 0 bridgehead atoms. The highest BCUT2D eigenvalue weighted by molar-refractivity contribution is 5.36. The highest BCUT2D eigenvalue weighted by atomic mass is 14.8. The van der Waals surface area contributed by atoms with E-state index in [0.717, 1.165) is 11.3 Å². The van der Waals surface area contributed by atoms with Crippen LogP contribution in [0.25, 0.3) is 0 Å². The lowest BCUT2D eigenvalue weighted by Crippen LogP contribution is -2.06. The third-order valence-corrected chi connectivity index (χ3v) is 1.40. The monoisotopic (exact) mass is 137 g/mol. The van der Waals surface area contributed by atoms with Crippen molar-refractivity contribution in [2.45, 2.75) is 13.8 Å². The zero-order valence-electron chi connectivity index (χ0n) is 6.94. The van der Waals surface area contributed by atoms with Crippen LogP contribution in [-0.4, -0.2) is 7.05 Å². The van der Waals surface area contributed by atoms with E-state index in [9.17, 15) is 0 Å². The van der Waals surface area contributed by atoms with Crippen molar-refractivity contribution in [3.05, 3.63) is 36.1 Å².